The van der Waals surface area contributed by atoms with Crippen LogP contribution in [0.3, 0.4) is 0 Å². The lowest BCUT2D eigenvalue weighted by Gasteiger charge is -2.35. The Morgan fingerprint density at radius 2 is 1.56 bits per heavy atom. The third kappa shape index (κ3) is 5.43. The van der Waals surface area contributed by atoms with Crippen LogP contribution in [-0.2, 0) is 25.3 Å². The standard InChI is InChI=1S/C23H34BFN2O5/c1-21(2,3)30-20(29)27-12-10-26(11-13-27)19(28)15-16-14-17(8-9-18(16)25)24-31-22(4,5)23(6,7)32-24/h8-9,14H,10-13,15H2,1-7H3. The van der Waals surface area contributed by atoms with E-state index in [4.69, 9.17) is 14.0 Å². The second kappa shape index (κ2) is 8.67. The topological polar surface area (TPSA) is 68.3 Å². The van der Waals surface area contributed by atoms with Crippen LogP contribution in [0.25, 0.3) is 0 Å². The van der Waals surface area contributed by atoms with Crippen LogP contribution in [0.1, 0.15) is 54.0 Å². The number of carbonyl (C=O) groups excluding carboxylic acids is 2. The minimum absolute atomic E-state index is 0.0639. The number of hydrogen-bond acceptors (Lipinski definition) is 5. The van der Waals surface area contributed by atoms with E-state index in [9.17, 15) is 14.0 Å². The van der Waals surface area contributed by atoms with Gasteiger partial charge in [-0.05, 0) is 65.6 Å². The van der Waals surface area contributed by atoms with Crippen LogP contribution >= 0.6 is 0 Å². The fraction of sp³-hybridized carbons (Fsp3) is 0.652. The van der Waals surface area contributed by atoms with Crippen LogP contribution in [0.2, 0.25) is 0 Å². The van der Waals surface area contributed by atoms with Crippen LogP contribution in [0.5, 0.6) is 0 Å². The molecule has 2 saturated heterocycles. The highest BCUT2D eigenvalue weighted by Crippen LogP contribution is 2.36. The zero-order chi connectivity index (χ0) is 23.9. The van der Waals surface area contributed by atoms with Crippen molar-refractivity contribution < 1.29 is 28.0 Å². The van der Waals surface area contributed by atoms with Gasteiger partial charge in [-0.15, -0.1) is 0 Å². The van der Waals surface area contributed by atoms with Gasteiger partial charge in [0.1, 0.15) is 11.4 Å². The van der Waals surface area contributed by atoms with Crippen molar-refractivity contribution in [2.45, 2.75) is 71.7 Å². The van der Waals surface area contributed by atoms with E-state index in [-0.39, 0.29) is 18.4 Å². The molecule has 0 bridgehead atoms. The van der Waals surface area contributed by atoms with Gasteiger partial charge in [-0.1, -0.05) is 12.1 Å². The van der Waals surface area contributed by atoms with E-state index in [1.165, 1.54) is 6.07 Å². The van der Waals surface area contributed by atoms with Crippen molar-refractivity contribution >= 4 is 24.6 Å². The van der Waals surface area contributed by atoms with Crippen molar-refractivity contribution in [1.29, 1.82) is 0 Å². The van der Waals surface area contributed by atoms with E-state index in [0.29, 0.717) is 37.2 Å². The Hall–Kier alpha value is -2.13. The number of hydrogen-bond donors (Lipinski definition) is 0. The second-order valence-electron chi connectivity index (χ2n) is 10.5. The van der Waals surface area contributed by atoms with E-state index in [1.54, 1.807) is 21.9 Å². The van der Waals surface area contributed by atoms with Gasteiger partial charge < -0.3 is 23.8 Å². The Morgan fingerprint density at radius 1 is 1.03 bits per heavy atom. The van der Waals surface area contributed by atoms with Crippen molar-refractivity contribution in [2.75, 3.05) is 26.2 Å². The lowest BCUT2D eigenvalue weighted by atomic mass is 9.78. The van der Waals surface area contributed by atoms with Gasteiger partial charge in [-0.3, -0.25) is 4.79 Å². The number of ether oxygens (including phenoxy) is 1. The highest BCUT2D eigenvalue weighted by molar-refractivity contribution is 6.62. The largest absolute Gasteiger partial charge is 0.494 e. The zero-order valence-electron chi connectivity index (χ0n) is 20.2. The lowest BCUT2D eigenvalue weighted by Crippen LogP contribution is -2.52. The van der Waals surface area contributed by atoms with Crippen LogP contribution in [0.4, 0.5) is 9.18 Å². The smallest absolute Gasteiger partial charge is 0.444 e. The fourth-order valence-electron chi connectivity index (χ4n) is 3.60. The summed E-state index contributed by atoms with van der Waals surface area (Å²) in [5, 5.41) is 0. The Morgan fingerprint density at radius 3 is 2.09 bits per heavy atom. The molecule has 0 radical (unpaired) electrons. The molecule has 0 unspecified atom stereocenters. The van der Waals surface area contributed by atoms with E-state index in [2.05, 4.69) is 0 Å². The van der Waals surface area contributed by atoms with Crippen molar-refractivity contribution in [1.82, 2.24) is 9.80 Å². The molecule has 0 atom stereocenters. The van der Waals surface area contributed by atoms with E-state index in [0.717, 1.165) is 0 Å². The fourth-order valence-corrected chi connectivity index (χ4v) is 3.60. The summed E-state index contributed by atoms with van der Waals surface area (Å²) in [5.74, 6) is -0.621. The first-order chi connectivity index (χ1) is 14.7. The number of halogens is 1. The maximum atomic E-state index is 14.5. The number of piperazine rings is 1. The molecule has 1 aromatic carbocycles. The molecule has 2 aliphatic rings. The van der Waals surface area contributed by atoms with Gasteiger partial charge in [0.05, 0.1) is 17.6 Å². The highest BCUT2D eigenvalue weighted by atomic mass is 19.1. The summed E-state index contributed by atoms with van der Waals surface area (Å²) < 4.78 is 32.0. The first-order valence-electron chi connectivity index (χ1n) is 11.1. The Bertz CT molecular complexity index is 860. The summed E-state index contributed by atoms with van der Waals surface area (Å²) in [5.41, 5.74) is -0.588. The van der Waals surface area contributed by atoms with Gasteiger partial charge in [-0.25, -0.2) is 9.18 Å². The van der Waals surface area contributed by atoms with Crippen molar-refractivity contribution in [3.05, 3.63) is 29.6 Å². The average molecular weight is 448 g/mol. The maximum Gasteiger partial charge on any atom is 0.494 e. The maximum absolute atomic E-state index is 14.5. The molecular formula is C23H34BFN2O5. The Balaban J connectivity index is 1.62. The van der Waals surface area contributed by atoms with Gasteiger partial charge in [0.15, 0.2) is 0 Å². The predicted molar refractivity (Wildman–Crippen MR) is 120 cm³/mol. The van der Waals surface area contributed by atoms with Crippen LogP contribution in [0.15, 0.2) is 18.2 Å². The summed E-state index contributed by atoms with van der Waals surface area (Å²) in [6.45, 7) is 14.8. The highest BCUT2D eigenvalue weighted by Gasteiger charge is 2.51. The monoisotopic (exact) mass is 448 g/mol. The lowest BCUT2D eigenvalue weighted by molar-refractivity contribution is -0.132. The van der Waals surface area contributed by atoms with Crippen LogP contribution in [-0.4, -0.2) is 71.9 Å². The quantitative estimate of drug-likeness (QED) is 0.666. The third-order valence-corrected chi connectivity index (χ3v) is 6.22. The van der Waals surface area contributed by atoms with Crippen LogP contribution < -0.4 is 5.46 Å². The normalized spacial score (nSPS) is 20.4. The first kappa shape index (κ1) is 24.5. The summed E-state index contributed by atoms with van der Waals surface area (Å²) in [7, 11) is -0.619. The molecule has 32 heavy (non-hydrogen) atoms. The molecule has 2 fully saturated rings. The molecule has 2 aliphatic heterocycles. The molecule has 0 spiro atoms. The molecule has 3 rings (SSSR count). The van der Waals surface area contributed by atoms with Crippen molar-refractivity contribution in [3.8, 4) is 0 Å². The molecular weight excluding hydrogens is 414 g/mol. The number of carbonyl (C=O) groups is 2. The minimum atomic E-state index is -0.619. The third-order valence-electron chi connectivity index (χ3n) is 6.22. The molecule has 2 amide bonds. The molecule has 2 heterocycles. The molecule has 0 aliphatic carbocycles. The number of nitrogens with zero attached hydrogens (tertiary/aromatic N) is 2. The van der Waals surface area contributed by atoms with Crippen molar-refractivity contribution in [3.63, 3.8) is 0 Å². The summed E-state index contributed by atoms with van der Waals surface area (Å²) in [6, 6.07) is 4.63. The summed E-state index contributed by atoms with van der Waals surface area (Å²) in [6.07, 6.45) is -0.447. The van der Waals surface area contributed by atoms with Gasteiger partial charge in [0.25, 0.3) is 0 Å². The van der Waals surface area contributed by atoms with E-state index < -0.39 is 29.7 Å². The number of rotatable bonds is 3. The zero-order valence-corrected chi connectivity index (χ0v) is 20.2. The Labute approximate surface area is 190 Å². The van der Waals surface area contributed by atoms with Gasteiger partial charge in [0.2, 0.25) is 5.91 Å². The summed E-state index contributed by atoms with van der Waals surface area (Å²) in [4.78, 5) is 28.3. The van der Waals surface area contributed by atoms with Crippen molar-refractivity contribution in [2.24, 2.45) is 0 Å². The molecule has 1 aromatic rings. The van der Waals surface area contributed by atoms with E-state index >= 15 is 0 Å². The SMILES string of the molecule is CC(C)(C)OC(=O)N1CCN(C(=O)Cc2cc(B3OC(C)(C)C(C)(C)O3)ccc2F)CC1. The van der Waals surface area contributed by atoms with E-state index in [1.807, 2.05) is 48.5 Å². The minimum Gasteiger partial charge on any atom is -0.444 e. The second-order valence-corrected chi connectivity index (χ2v) is 10.5. The Kier molecular flexibility index (Phi) is 6.64. The first-order valence-corrected chi connectivity index (χ1v) is 11.1. The van der Waals surface area contributed by atoms with Gasteiger partial charge in [-0.2, -0.15) is 0 Å². The molecule has 0 N–H and O–H groups in total. The average Bonchev–Trinajstić information content (AvgIpc) is 2.89. The number of amides is 2. The molecule has 9 heteroatoms. The predicted octanol–water partition coefficient (Wildman–Crippen LogP) is 2.75. The molecule has 7 nitrogen and oxygen atoms in total. The molecule has 176 valence electrons. The molecule has 0 aromatic heterocycles. The van der Waals surface area contributed by atoms with Crippen LogP contribution in [0, 0.1) is 5.82 Å². The number of benzene rings is 1. The summed E-state index contributed by atoms with van der Waals surface area (Å²) >= 11 is 0. The van der Waals surface area contributed by atoms with Gasteiger partial charge >= 0.3 is 13.2 Å². The molecule has 0 saturated carbocycles. The van der Waals surface area contributed by atoms with Gasteiger partial charge in [0, 0.05) is 26.2 Å².